The molecule has 0 aliphatic carbocycles. The Bertz CT molecular complexity index is 10200. The van der Waals surface area contributed by atoms with E-state index in [0.717, 1.165) is 0 Å². The number of hydrogen-bond donors (Lipinski definition) is 0. The van der Waals surface area contributed by atoms with E-state index in [9.17, 15) is 0 Å². The number of rotatable bonds is 8. The molecule has 0 bridgehead atoms. The van der Waals surface area contributed by atoms with Gasteiger partial charge >= 0.3 is 0 Å². The molecule has 0 saturated heterocycles. The van der Waals surface area contributed by atoms with E-state index in [1.54, 1.807) is 0 Å². The number of para-hydroxylation sites is 14. The zero-order chi connectivity index (χ0) is 97.8. The molecular formula is C138H86B6N6. The second-order valence-corrected chi connectivity index (χ2v) is 41.6. The number of nitrogens with zero attached hydrogens (tertiary/aromatic N) is 6. The van der Waals surface area contributed by atoms with Crippen molar-refractivity contribution in [2.24, 2.45) is 0 Å². The van der Waals surface area contributed by atoms with E-state index in [0.29, 0.717) is 0 Å². The lowest BCUT2D eigenvalue weighted by molar-refractivity contribution is 1.19. The molecule has 12 heteroatoms. The van der Waals surface area contributed by atoms with Gasteiger partial charge in [0.15, 0.2) is 0 Å². The maximum Gasteiger partial charge on any atom is 0.246 e. The third kappa shape index (κ3) is 11.8. The molecule has 0 radical (unpaired) electrons. The van der Waals surface area contributed by atoms with Gasteiger partial charge in [-0.3, -0.25) is 0 Å². The van der Waals surface area contributed by atoms with Crippen molar-refractivity contribution in [2.45, 2.75) is 0 Å². The first-order valence-electron chi connectivity index (χ1n) is 52.7. The van der Waals surface area contributed by atoms with Crippen LogP contribution in [0.1, 0.15) is 0 Å². The van der Waals surface area contributed by atoms with Crippen LogP contribution in [0.4, 0.5) is 0 Å². The first-order chi connectivity index (χ1) is 74.6. The van der Waals surface area contributed by atoms with E-state index in [-0.39, 0.29) is 40.3 Å². The minimum Gasteiger partial charge on any atom is -0.310 e. The second kappa shape index (κ2) is 32.4. The van der Waals surface area contributed by atoms with Crippen molar-refractivity contribution in [2.75, 3.05) is 0 Å². The van der Waals surface area contributed by atoms with Crippen molar-refractivity contribution in [1.82, 2.24) is 27.4 Å². The highest BCUT2D eigenvalue weighted by Crippen LogP contribution is 2.47. The van der Waals surface area contributed by atoms with Gasteiger partial charge in [-0.25, -0.2) is 0 Å². The fourth-order valence-corrected chi connectivity index (χ4v) is 28.5. The summed E-state index contributed by atoms with van der Waals surface area (Å²) in [5.74, 6) is 0. The lowest BCUT2D eigenvalue weighted by atomic mass is 9.32. The van der Waals surface area contributed by atoms with Crippen LogP contribution >= 0.6 is 0 Å². The maximum atomic E-state index is 2.54. The number of aromatic nitrogens is 6. The smallest absolute Gasteiger partial charge is 0.246 e. The van der Waals surface area contributed by atoms with Crippen LogP contribution < -0.4 is 98.3 Å². The van der Waals surface area contributed by atoms with Gasteiger partial charge in [0.05, 0.1) is 33.1 Å². The molecule has 0 atom stereocenters. The molecule has 0 amide bonds. The molecule has 0 N–H and O–H groups in total. The Balaban J connectivity index is 0.0000000976. The zero-order valence-electron chi connectivity index (χ0n) is 81.8. The Morgan fingerprint density at radius 1 is 0.120 bits per heavy atom. The third-order valence-electron chi connectivity index (χ3n) is 34.3. The molecule has 686 valence electrons. The van der Waals surface area contributed by atoms with Gasteiger partial charge in [0.1, 0.15) is 0 Å². The molecule has 0 fully saturated rings. The Morgan fingerprint density at radius 2 is 0.320 bits per heavy atom. The van der Waals surface area contributed by atoms with Crippen molar-refractivity contribution < 1.29 is 0 Å². The van der Waals surface area contributed by atoms with Gasteiger partial charge in [-0.2, -0.15) is 0 Å². The lowest BCUT2D eigenvalue weighted by Crippen LogP contribution is -2.59. The van der Waals surface area contributed by atoms with Gasteiger partial charge in [-0.05, 0) is 173 Å². The maximum absolute atomic E-state index is 2.54. The van der Waals surface area contributed by atoms with Crippen LogP contribution in [0.2, 0.25) is 0 Å². The monoisotopic (exact) mass is 1890 g/mol. The Kier molecular flexibility index (Phi) is 18.0. The molecule has 150 heavy (non-hydrogen) atoms. The molecule has 0 unspecified atom stereocenters. The number of hydrogen-bond acceptors (Lipinski definition) is 0. The highest BCUT2D eigenvalue weighted by molar-refractivity contribution is 7.02. The Hall–Kier alpha value is -18.8. The highest BCUT2D eigenvalue weighted by Gasteiger charge is 2.43. The molecule has 0 saturated carbocycles. The molecule has 6 aliphatic rings. The summed E-state index contributed by atoms with van der Waals surface area (Å²) in [6, 6.07) is 195. The van der Waals surface area contributed by atoms with Gasteiger partial charge in [0.25, 0.3) is 0 Å². The van der Waals surface area contributed by atoms with Gasteiger partial charge in [0, 0.05) is 132 Å². The summed E-state index contributed by atoms with van der Waals surface area (Å²) < 4.78 is 15.1. The molecule has 29 aromatic rings. The predicted molar refractivity (Wildman–Crippen MR) is 643 cm³/mol. The summed E-state index contributed by atoms with van der Waals surface area (Å²) >= 11 is 0. The molecule has 12 heterocycles. The van der Waals surface area contributed by atoms with E-state index < -0.39 is 0 Å². The summed E-state index contributed by atoms with van der Waals surface area (Å²) in [7, 11) is 0. The minimum atomic E-state index is 0.137. The summed E-state index contributed by atoms with van der Waals surface area (Å²) in [5.41, 5.74) is 52.4. The fraction of sp³-hybridized carbons (Fsp3) is 0. The standard InChI is InChI=1S/2C48H30B2N2.C42H26B2N2/c1-3-15-31(16-4-1)49-37-23-7-9-27-41(37)51-43-29-13-19-33(45(43)35-21-11-25-39(49)47(35)51)34-20-14-30-44-46(34)36-22-12-26-40-48(36)52(44)42-28-10-8-24-38(42)50(40)32-17-5-2-6-18-32;1-3-13-33(14-4-1)49-39-19-7-9-23-45(39)51-43-27-25-31(29-37(43)35-17-11-21-41(49)47(35)51)32-26-28-44-38(30-32)36-18-12-22-42-48(36)52(44)46-24-10-8-20-40(46)50(42)34-15-5-2-6-16-34;1-5-22-37-29(14-1)31-16-10-20-35-41(31)45(37)39-24-7-3-18-33(39)43(35)27-12-9-13-28(26-27)44-34-19-4-8-25-40(34)46-38-23-6-2-15-30(38)32-17-11-21-36(44)42(32)46/h2*1-30H;1-26H. The second-order valence-electron chi connectivity index (χ2n) is 41.6. The average molecular weight is 1890 g/mol. The number of benzene rings is 23. The molecule has 6 nitrogen and oxygen atoms in total. The molecule has 23 aromatic carbocycles. The summed E-state index contributed by atoms with van der Waals surface area (Å²) in [5, 5.41) is 15.7. The van der Waals surface area contributed by atoms with Crippen LogP contribution in [0.15, 0.2) is 522 Å². The SMILES string of the molecule is c1cc(B2c3ccccc3-n3c4ccccc4c4cccc2c43)cc(B2c3ccccc3-n3c4ccccc4c4cccc2c43)c1.c1ccc(B2c3ccccc3-n3c4ccc(-c5ccc6c(c5)c5cccc7c5n6-c5ccccc5B7c5ccccc5)cc4c4cccc2c43)cc1.c1ccc(B2c3ccccc3-n3c4cccc(-c5cccc6c5c5cccc7c5n6-c5ccccc5B7c5ccccc5)c4c4cccc2c43)cc1. The van der Waals surface area contributed by atoms with Crippen molar-refractivity contribution in [1.29, 1.82) is 0 Å². The highest BCUT2D eigenvalue weighted by atomic mass is 15.0. The molecular weight excluding hydrogens is 1810 g/mol. The van der Waals surface area contributed by atoms with Crippen LogP contribution in [-0.2, 0) is 0 Å². The van der Waals surface area contributed by atoms with Crippen molar-refractivity contribution >= 4 is 269 Å². The van der Waals surface area contributed by atoms with Gasteiger partial charge in [0.2, 0.25) is 40.3 Å². The Morgan fingerprint density at radius 3 is 0.627 bits per heavy atom. The molecule has 35 rings (SSSR count). The van der Waals surface area contributed by atoms with Gasteiger partial charge in [-0.15, -0.1) is 0 Å². The first-order valence-corrected chi connectivity index (χ1v) is 52.7. The van der Waals surface area contributed by atoms with Crippen LogP contribution in [0.5, 0.6) is 0 Å². The van der Waals surface area contributed by atoms with E-state index in [1.807, 2.05) is 0 Å². The lowest BCUT2D eigenvalue weighted by Gasteiger charge is -2.29. The van der Waals surface area contributed by atoms with E-state index in [2.05, 4.69) is 549 Å². The third-order valence-corrected chi connectivity index (χ3v) is 34.3. The number of fused-ring (bicyclic) bond motifs is 30. The average Bonchev–Trinajstić information content (AvgIpc) is 1.45. The quantitative estimate of drug-likeness (QED) is 0.136. The normalized spacial score (nSPS) is 13.0. The van der Waals surface area contributed by atoms with Crippen molar-refractivity contribution in [3.63, 3.8) is 0 Å². The molecule has 6 aromatic heterocycles. The summed E-state index contributed by atoms with van der Waals surface area (Å²) in [6.07, 6.45) is 0. The topological polar surface area (TPSA) is 29.6 Å². The zero-order valence-corrected chi connectivity index (χ0v) is 81.8. The van der Waals surface area contributed by atoms with Gasteiger partial charge in [-0.1, -0.05) is 470 Å². The first kappa shape index (κ1) is 83.6. The predicted octanol–water partition coefficient (Wildman–Crippen LogP) is 20.0. The largest absolute Gasteiger partial charge is 0.310 e. The summed E-state index contributed by atoms with van der Waals surface area (Å²) in [6.45, 7) is 0.990. The Labute approximate surface area is 868 Å². The summed E-state index contributed by atoms with van der Waals surface area (Å²) in [4.78, 5) is 0. The molecule has 0 spiro atoms. The minimum absolute atomic E-state index is 0.137. The van der Waals surface area contributed by atoms with Crippen LogP contribution in [0, 0.1) is 0 Å². The van der Waals surface area contributed by atoms with E-state index in [1.165, 1.54) is 286 Å². The van der Waals surface area contributed by atoms with Crippen molar-refractivity contribution in [3.05, 3.63) is 522 Å². The van der Waals surface area contributed by atoms with E-state index in [4.69, 9.17) is 0 Å². The van der Waals surface area contributed by atoms with Gasteiger partial charge < -0.3 is 27.4 Å². The van der Waals surface area contributed by atoms with Crippen LogP contribution in [-0.4, -0.2) is 67.7 Å². The van der Waals surface area contributed by atoms with Crippen molar-refractivity contribution in [3.8, 4) is 56.4 Å². The fourth-order valence-electron chi connectivity index (χ4n) is 28.5. The van der Waals surface area contributed by atoms with E-state index >= 15 is 0 Å². The van der Waals surface area contributed by atoms with Crippen LogP contribution in [0.25, 0.3) is 187 Å². The van der Waals surface area contributed by atoms with Crippen LogP contribution in [0.3, 0.4) is 0 Å². The molecule has 6 aliphatic heterocycles.